The van der Waals surface area contributed by atoms with Crippen molar-refractivity contribution in [2.75, 3.05) is 13.1 Å². The zero-order chi connectivity index (χ0) is 12.8. The van der Waals surface area contributed by atoms with Gasteiger partial charge in [-0.05, 0) is 31.9 Å². The van der Waals surface area contributed by atoms with Crippen molar-refractivity contribution in [2.45, 2.75) is 39.7 Å². The van der Waals surface area contributed by atoms with Gasteiger partial charge < -0.3 is 15.1 Å². The lowest BCUT2D eigenvalue weighted by Crippen LogP contribution is -2.42. The van der Waals surface area contributed by atoms with Gasteiger partial charge in [-0.15, -0.1) is 0 Å². The number of nitrogens with two attached hydrogens (primary N) is 1. The van der Waals surface area contributed by atoms with Gasteiger partial charge in [0.1, 0.15) is 5.76 Å². The number of hydrogen-bond donors (Lipinski definition) is 1. The van der Waals surface area contributed by atoms with Crippen LogP contribution in [0.25, 0.3) is 0 Å². The maximum Gasteiger partial charge on any atom is 0.289 e. The minimum atomic E-state index is -0.0581. The normalized spacial score (nSPS) is 10.9. The molecule has 1 amide bonds. The standard InChI is InChI=1S/C13H22N2O2/c1-4-11(5-2)15(9-8-14)13(16)12-7-6-10(3)17-12/h6-7,11H,4-5,8-9,14H2,1-3H3. The Hall–Kier alpha value is -1.29. The smallest absolute Gasteiger partial charge is 0.289 e. The van der Waals surface area contributed by atoms with Gasteiger partial charge in [0.05, 0.1) is 0 Å². The minimum absolute atomic E-state index is 0.0581. The number of hydrogen-bond acceptors (Lipinski definition) is 3. The van der Waals surface area contributed by atoms with Crippen molar-refractivity contribution in [1.82, 2.24) is 4.90 Å². The van der Waals surface area contributed by atoms with Crippen molar-refractivity contribution in [2.24, 2.45) is 5.73 Å². The SMILES string of the molecule is CCC(CC)N(CCN)C(=O)c1ccc(C)o1. The highest BCUT2D eigenvalue weighted by atomic mass is 16.3. The summed E-state index contributed by atoms with van der Waals surface area (Å²) in [5, 5.41) is 0. The lowest BCUT2D eigenvalue weighted by Gasteiger charge is -2.29. The molecule has 1 aromatic heterocycles. The molecule has 0 bridgehead atoms. The van der Waals surface area contributed by atoms with Crippen molar-refractivity contribution in [3.05, 3.63) is 23.7 Å². The van der Waals surface area contributed by atoms with Crippen LogP contribution in [-0.4, -0.2) is 29.9 Å². The van der Waals surface area contributed by atoms with Gasteiger partial charge in [0.15, 0.2) is 5.76 Å². The van der Waals surface area contributed by atoms with Gasteiger partial charge in [-0.1, -0.05) is 13.8 Å². The second kappa shape index (κ2) is 6.45. The molecule has 1 heterocycles. The van der Waals surface area contributed by atoms with E-state index in [1.54, 1.807) is 12.1 Å². The van der Waals surface area contributed by atoms with Crippen LogP contribution < -0.4 is 5.73 Å². The lowest BCUT2D eigenvalue weighted by molar-refractivity contribution is 0.0640. The van der Waals surface area contributed by atoms with Crippen LogP contribution in [0.4, 0.5) is 0 Å². The van der Waals surface area contributed by atoms with Crippen LogP contribution in [0.1, 0.15) is 43.0 Å². The molecule has 0 aliphatic carbocycles. The third-order valence-corrected chi connectivity index (χ3v) is 2.97. The van der Waals surface area contributed by atoms with Gasteiger partial charge in [-0.3, -0.25) is 4.79 Å². The Morgan fingerprint density at radius 1 is 1.41 bits per heavy atom. The van der Waals surface area contributed by atoms with Gasteiger partial charge in [0.25, 0.3) is 5.91 Å². The summed E-state index contributed by atoms with van der Waals surface area (Å²) in [5.74, 6) is 1.10. The molecular formula is C13H22N2O2. The predicted molar refractivity (Wildman–Crippen MR) is 67.9 cm³/mol. The molecule has 0 aromatic carbocycles. The Kier molecular flexibility index (Phi) is 5.22. The van der Waals surface area contributed by atoms with E-state index in [0.29, 0.717) is 18.8 Å². The predicted octanol–water partition coefficient (Wildman–Crippen LogP) is 2.18. The molecule has 4 nitrogen and oxygen atoms in total. The fourth-order valence-corrected chi connectivity index (χ4v) is 2.01. The van der Waals surface area contributed by atoms with E-state index < -0.39 is 0 Å². The Balaban J connectivity index is 2.86. The molecule has 0 fully saturated rings. The Morgan fingerprint density at radius 3 is 2.47 bits per heavy atom. The first kappa shape index (κ1) is 13.8. The molecule has 0 aliphatic heterocycles. The highest BCUT2D eigenvalue weighted by Gasteiger charge is 2.23. The van der Waals surface area contributed by atoms with Crippen molar-refractivity contribution >= 4 is 5.91 Å². The van der Waals surface area contributed by atoms with Gasteiger partial charge in [0, 0.05) is 19.1 Å². The fourth-order valence-electron chi connectivity index (χ4n) is 2.01. The topological polar surface area (TPSA) is 59.5 Å². The third kappa shape index (κ3) is 3.33. The number of carbonyl (C=O) groups excluding carboxylic acids is 1. The van der Waals surface area contributed by atoms with E-state index in [4.69, 9.17) is 10.2 Å². The molecule has 0 radical (unpaired) electrons. The quantitative estimate of drug-likeness (QED) is 0.826. The summed E-state index contributed by atoms with van der Waals surface area (Å²) in [4.78, 5) is 14.1. The molecule has 0 aliphatic rings. The van der Waals surface area contributed by atoms with Crippen LogP contribution in [0.15, 0.2) is 16.5 Å². The maximum atomic E-state index is 12.3. The molecule has 2 N–H and O–H groups in total. The first-order valence-electron chi connectivity index (χ1n) is 6.21. The minimum Gasteiger partial charge on any atom is -0.456 e. The summed E-state index contributed by atoms with van der Waals surface area (Å²) >= 11 is 0. The zero-order valence-electron chi connectivity index (χ0n) is 10.9. The van der Waals surface area contributed by atoms with Gasteiger partial charge in [-0.2, -0.15) is 0 Å². The molecule has 17 heavy (non-hydrogen) atoms. The van der Waals surface area contributed by atoms with E-state index in [1.165, 1.54) is 0 Å². The maximum absolute atomic E-state index is 12.3. The van der Waals surface area contributed by atoms with Crippen molar-refractivity contribution in [1.29, 1.82) is 0 Å². The number of furan rings is 1. The summed E-state index contributed by atoms with van der Waals surface area (Å²) in [6.45, 7) is 7.05. The second-order valence-electron chi connectivity index (χ2n) is 4.17. The van der Waals surface area contributed by atoms with E-state index in [2.05, 4.69) is 13.8 Å². The molecule has 96 valence electrons. The second-order valence-corrected chi connectivity index (χ2v) is 4.17. The van der Waals surface area contributed by atoms with Crippen molar-refractivity contribution in [3.63, 3.8) is 0 Å². The molecule has 0 atom stereocenters. The van der Waals surface area contributed by atoms with E-state index in [-0.39, 0.29) is 11.9 Å². The molecular weight excluding hydrogens is 216 g/mol. The van der Waals surface area contributed by atoms with E-state index >= 15 is 0 Å². The molecule has 0 saturated heterocycles. The first-order chi connectivity index (χ1) is 8.13. The average Bonchev–Trinajstić information content (AvgIpc) is 2.75. The number of aryl methyl sites for hydroxylation is 1. The van der Waals surface area contributed by atoms with Gasteiger partial charge >= 0.3 is 0 Å². The van der Waals surface area contributed by atoms with Crippen LogP contribution in [-0.2, 0) is 0 Å². The Morgan fingerprint density at radius 2 is 2.06 bits per heavy atom. The Labute approximate surface area is 103 Å². The molecule has 0 unspecified atom stereocenters. The highest BCUT2D eigenvalue weighted by Crippen LogP contribution is 2.15. The van der Waals surface area contributed by atoms with Crippen LogP contribution in [0.3, 0.4) is 0 Å². The van der Waals surface area contributed by atoms with Crippen LogP contribution >= 0.6 is 0 Å². The first-order valence-corrected chi connectivity index (χ1v) is 6.21. The number of nitrogens with zero attached hydrogens (tertiary/aromatic N) is 1. The lowest BCUT2D eigenvalue weighted by atomic mass is 10.1. The number of amides is 1. The summed E-state index contributed by atoms with van der Waals surface area (Å²) < 4.78 is 5.38. The monoisotopic (exact) mass is 238 g/mol. The summed E-state index contributed by atoms with van der Waals surface area (Å²) in [7, 11) is 0. The van der Waals surface area contributed by atoms with Gasteiger partial charge in [0.2, 0.25) is 0 Å². The molecule has 1 rings (SSSR count). The van der Waals surface area contributed by atoms with Gasteiger partial charge in [-0.25, -0.2) is 0 Å². The van der Waals surface area contributed by atoms with E-state index in [9.17, 15) is 4.79 Å². The van der Waals surface area contributed by atoms with Crippen LogP contribution in [0, 0.1) is 6.92 Å². The molecule has 0 saturated carbocycles. The van der Waals surface area contributed by atoms with Crippen LogP contribution in [0.5, 0.6) is 0 Å². The Bertz CT molecular complexity index is 356. The van der Waals surface area contributed by atoms with Crippen molar-refractivity contribution in [3.8, 4) is 0 Å². The van der Waals surface area contributed by atoms with E-state index in [0.717, 1.165) is 18.6 Å². The average molecular weight is 238 g/mol. The molecule has 4 heteroatoms. The largest absolute Gasteiger partial charge is 0.456 e. The zero-order valence-corrected chi connectivity index (χ0v) is 10.9. The van der Waals surface area contributed by atoms with E-state index in [1.807, 2.05) is 11.8 Å². The molecule has 0 spiro atoms. The number of carbonyl (C=O) groups is 1. The summed E-state index contributed by atoms with van der Waals surface area (Å²) in [6, 6.07) is 3.76. The van der Waals surface area contributed by atoms with Crippen molar-refractivity contribution < 1.29 is 9.21 Å². The fraction of sp³-hybridized carbons (Fsp3) is 0.615. The summed E-state index contributed by atoms with van der Waals surface area (Å²) in [5.41, 5.74) is 5.57. The highest BCUT2D eigenvalue weighted by molar-refractivity contribution is 5.91. The molecule has 1 aromatic rings. The van der Waals surface area contributed by atoms with Crippen LogP contribution in [0.2, 0.25) is 0 Å². The number of rotatable bonds is 6. The summed E-state index contributed by atoms with van der Waals surface area (Å²) in [6.07, 6.45) is 1.86. The third-order valence-electron chi connectivity index (χ3n) is 2.97.